The lowest BCUT2D eigenvalue weighted by Crippen LogP contribution is -2.13. The molecule has 4 nitrogen and oxygen atoms in total. The Hall–Kier alpha value is -9.16. The van der Waals surface area contributed by atoms with Crippen LogP contribution in [0.4, 0.5) is 34.1 Å². The van der Waals surface area contributed by atoms with E-state index in [9.17, 15) is 0 Å². The largest absolute Gasteiger partial charge is 0.316 e. The van der Waals surface area contributed by atoms with Gasteiger partial charge in [0, 0.05) is 93.6 Å². The monoisotopic (exact) mass is 1160 g/mol. The zero-order valence-corrected chi connectivity index (χ0v) is 53.9. The van der Waals surface area contributed by atoms with Crippen LogP contribution in [0.3, 0.4) is 0 Å². The van der Waals surface area contributed by atoms with Crippen molar-refractivity contribution >= 4 is 104 Å². The van der Waals surface area contributed by atoms with Gasteiger partial charge in [-0.2, -0.15) is 0 Å². The standard InChI is InChI=1S/C83H78N4S/c1-14-15-18-54-52-84(60-31-22-56(23-32-60)80(2,3)4)75-42-39-65(48-71(54)75)85(61-33-24-57(25-34-61)81(5,6)7)64-30-21-53-45-55-46-73-74-50-67(41-44-78(74)88-79(73)51-70(55)69(53)47-64)86(62-35-26-58(27-36-62)82(8,9)10)66-40-43-77-72(49-66)68-19-16-17-20-76(68)87(77)63-37-28-59(29-38-63)83(11,12)13/h14-44,46-52H,1,45H2,2-13H3. The Bertz CT molecular complexity index is 4900. The first-order chi connectivity index (χ1) is 42.1. The van der Waals surface area contributed by atoms with E-state index in [-0.39, 0.29) is 21.7 Å². The van der Waals surface area contributed by atoms with Gasteiger partial charge in [-0.05, 0) is 206 Å². The van der Waals surface area contributed by atoms with Crippen LogP contribution in [0, 0.1) is 0 Å². The van der Waals surface area contributed by atoms with Gasteiger partial charge in [0.05, 0.1) is 16.6 Å². The molecule has 0 amide bonds. The minimum Gasteiger partial charge on any atom is -0.316 e. The smallest absolute Gasteiger partial charge is 0.0542 e. The van der Waals surface area contributed by atoms with E-state index in [2.05, 4.69) is 327 Å². The molecule has 0 radical (unpaired) electrons. The molecule has 0 bridgehead atoms. The first-order valence-corrected chi connectivity index (χ1v) is 32.0. The molecule has 0 unspecified atom stereocenters. The summed E-state index contributed by atoms with van der Waals surface area (Å²) >= 11 is 1.90. The van der Waals surface area contributed by atoms with Crippen LogP contribution in [0.25, 0.3) is 81.5 Å². The zero-order chi connectivity index (χ0) is 61.2. The summed E-state index contributed by atoms with van der Waals surface area (Å²) in [5.74, 6) is 0. The molecular formula is C83H78N4S. The molecule has 0 spiro atoms. The number of benzene rings is 10. The lowest BCUT2D eigenvalue weighted by atomic mass is 9.87. The molecule has 0 saturated carbocycles. The quantitative estimate of drug-likeness (QED) is 0.127. The van der Waals surface area contributed by atoms with Crippen LogP contribution in [0.5, 0.6) is 0 Å². The van der Waals surface area contributed by atoms with Crippen molar-refractivity contribution in [2.75, 3.05) is 9.80 Å². The second kappa shape index (κ2) is 21.0. The molecule has 1 aliphatic carbocycles. The van der Waals surface area contributed by atoms with Crippen molar-refractivity contribution < 1.29 is 0 Å². The second-order valence-electron chi connectivity index (χ2n) is 28.5. The second-order valence-corrected chi connectivity index (χ2v) is 29.6. The summed E-state index contributed by atoms with van der Waals surface area (Å²) in [5.41, 5.74) is 24.5. The van der Waals surface area contributed by atoms with Crippen LogP contribution in [-0.2, 0) is 28.1 Å². The number of hydrogen-bond donors (Lipinski definition) is 0. The summed E-state index contributed by atoms with van der Waals surface area (Å²) in [6.07, 6.45) is 9.23. The molecule has 436 valence electrons. The van der Waals surface area contributed by atoms with Gasteiger partial charge >= 0.3 is 0 Å². The Morgan fingerprint density at radius 3 is 1.42 bits per heavy atom. The minimum absolute atomic E-state index is 0.0240. The number of fused-ring (bicyclic) bond motifs is 10. The molecule has 3 aromatic heterocycles. The van der Waals surface area contributed by atoms with E-state index in [1.807, 2.05) is 23.5 Å². The first-order valence-electron chi connectivity index (χ1n) is 31.2. The first kappa shape index (κ1) is 56.6. The molecule has 0 fully saturated rings. The summed E-state index contributed by atoms with van der Waals surface area (Å²) in [6.45, 7) is 31.4. The predicted molar refractivity (Wildman–Crippen MR) is 382 cm³/mol. The molecule has 1 aliphatic rings. The minimum atomic E-state index is 0.0240. The van der Waals surface area contributed by atoms with Crippen molar-refractivity contribution in [3.63, 3.8) is 0 Å². The lowest BCUT2D eigenvalue weighted by molar-refractivity contribution is 0.590. The molecule has 5 heteroatoms. The highest BCUT2D eigenvalue weighted by Gasteiger charge is 2.27. The van der Waals surface area contributed by atoms with Crippen LogP contribution in [-0.4, -0.2) is 9.13 Å². The van der Waals surface area contributed by atoms with Gasteiger partial charge in [-0.1, -0.05) is 181 Å². The number of rotatable bonds is 10. The number of aromatic nitrogens is 2. The third-order valence-corrected chi connectivity index (χ3v) is 19.5. The van der Waals surface area contributed by atoms with Crippen LogP contribution < -0.4 is 9.80 Å². The summed E-state index contributed by atoms with van der Waals surface area (Å²) in [7, 11) is 0. The fourth-order valence-electron chi connectivity index (χ4n) is 13.3. The van der Waals surface area contributed by atoms with Crippen LogP contribution in [0.2, 0.25) is 0 Å². The Morgan fingerprint density at radius 1 is 0.386 bits per heavy atom. The number of para-hydroxylation sites is 1. The van der Waals surface area contributed by atoms with Gasteiger partial charge in [-0.25, -0.2) is 0 Å². The van der Waals surface area contributed by atoms with Gasteiger partial charge in [-0.3, -0.25) is 0 Å². The molecule has 10 aromatic carbocycles. The Kier molecular flexibility index (Phi) is 13.5. The summed E-state index contributed by atoms with van der Waals surface area (Å²) in [6, 6.07) is 78.8. The van der Waals surface area contributed by atoms with Gasteiger partial charge in [-0.15, -0.1) is 11.3 Å². The fraction of sp³-hybridized carbons (Fsp3) is 0.205. The van der Waals surface area contributed by atoms with Crippen molar-refractivity contribution in [2.45, 2.75) is 111 Å². The maximum atomic E-state index is 4.04. The van der Waals surface area contributed by atoms with Crippen molar-refractivity contribution in [2.24, 2.45) is 0 Å². The Labute approximate surface area is 524 Å². The molecule has 3 heterocycles. The molecule has 0 atom stereocenters. The van der Waals surface area contributed by atoms with Gasteiger partial charge in [0.25, 0.3) is 0 Å². The summed E-state index contributed by atoms with van der Waals surface area (Å²) in [4.78, 5) is 4.91. The highest BCUT2D eigenvalue weighted by molar-refractivity contribution is 7.25. The zero-order valence-electron chi connectivity index (χ0n) is 53.1. The lowest BCUT2D eigenvalue weighted by Gasteiger charge is -2.27. The van der Waals surface area contributed by atoms with E-state index in [1.54, 1.807) is 0 Å². The number of nitrogens with zero attached hydrogens (tertiary/aromatic N) is 4. The predicted octanol–water partition coefficient (Wildman–Crippen LogP) is 24.0. The highest BCUT2D eigenvalue weighted by atomic mass is 32.1. The van der Waals surface area contributed by atoms with Gasteiger partial charge in [0.15, 0.2) is 0 Å². The van der Waals surface area contributed by atoms with Crippen molar-refractivity contribution in [1.82, 2.24) is 9.13 Å². The van der Waals surface area contributed by atoms with Gasteiger partial charge in [0.2, 0.25) is 0 Å². The summed E-state index contributed by atoms with van der Waals surface area (Å²) < 4.78 is 7.34. The summed E-state index contributed by atoms with van der Waals surface area (Å²) in [5, 5.41) is 6.23. The van der Waals surface area contributed by atoms with Crippen LogP contribution in [0.1, 0.15) is 122 Å². The normalized spacial score (nSPS) is 13.0. The van der Waals surface area contributed by atoms with Crippen LogP contribution >= 0.6 is 11.3 Å². The van der Waals surface area contributed by atoms with Gasteiger partial charge in [0.1, 0.15) is 0 Å². The fourth-order valence-corrected chi connectivity index (χ4v) is 14.4. The topological polar surface area (TPSA) is 16.3 Å². The molecule has 0 aliphatic heterocycles. The van der Waals surface area contributed by atoms with E-state index in [1.165, 1.54) is 97.6 Å². The third-order valence-electron chi connectivity index (χ3n) is 18.3. The number of allylic oxidation sites excluding steroid dienone is 2. The molecule has 0 saturated heterocycles. The third kappa shape index (κ3) is 10.0. The van der Waals surface area contributed by atoms with E-state index < -0.39 is 0 Å². The van der Waals surface area contributed by atoms with Gasteiger partial charge < -0.3 is 18.9 Å². The number of thiophene rings is 1. The molecule has 14 rings (SSSR count). The SMILES string of the molecule is C=CC=Cc1cn(-c2ccc(C(C)(C)C)cc2)c2ccc(N(c3ccc(C(C)(C)C)cc3)c3ccc4c(c3)-c3cc5sc6ccc(N(c7ccc(C(C)(C)C)cc7)c7ccc8c(c7)c7ccccc7n8-c7ccc(C(C)(C)C)cc7)cc6c5cc3C4)cc12. The van der Waals surface area contributed by atoms with Crippen molar-refractivity contribution in [3.8, 4) is 22.5 Å². The van der Waals surface area contributed by atoms with E-state index in [0.717, 1.165) is 57.3 Å². The highest BCUT2D eigenvalue weighted by Crippen LogP contribution is 2.49. The van der Waals surface area contributed by atoms with E-state index in [4.69, 9.17) is 0 Å². The maximum absolute atomic E-state index is 4.04. The molecule has 13 aromatic rings. The average molecular weight is 1160 g/mol. The molecule has 88 heavy (non-hydrogen) atoms. The number of anilines is 6. The molecule has 0 N–H and O–H groups in total. The maximum Gasteiger partial charge on any atom is 0.0542 e. The van der Waals surface area contributed by atoms with Crippen molar-refractivity contribution in [3.05, 3.63) is 270 Å². The van der Waals surface area contributed by atoms with E-state index >= 15 is 0 Å². The Balaban J connectivity index is 0.866. The van der Waals surface area contributed by atoms with Crippen LogP contribution in [0.15, 0.2) is 231 Å². The molecular weight excluding hydrogens is 1090 g/mol. The van der Waals surface area contributed by atoms with E-state index in [0.29, 0.717) is 0 Å². The Morgan fingerprint density at radius 2 is 0.841 bits per heavy atom. The van der Waals surface area contributed by atoms with Crippen molar-refractivity contribution in [1.29, 1.82) is 0 Å². The number of hydrogen-bond acceptors (Lipinski definition) is 3. The average Bonchev–Trinajstić information content (AvgIpc) is 2.63.